The third-order valence-electron chi connectivity index (χ3n) is 0.992. The molecule has 1 N–H and O–H groups in total. The van der Waals surface area contributed by atoms with Gasteiger partial charge in [-0.05, 0) is 28.1 Å². The predicted octanol–water partition coefficient (Wildman–Crippen LogP) is 1.33. The maximum Gasteiger partial charge on any atom is 0.310 e. The minimum atomic E-state index is -0.404. The first-order valence-corrected chi connectivity index (χ1v) is 3.62. The molecule has 1 rings (SSSR count). The number of rotatable bonds is 2. The second kappa shape index (κ2) is 3.54. The number of carbonyl (C=O) groups is 1. The van der Waals surface area contributed by atoms with Crippen LogP contribution in [0.15, 0.2) is 21.2 Å². The van der Waals surface area contributed by atoms with Crippen molar-refractivity contribution in [2.75, 3.05) is 7.11 Å². The zero-order chi connectivity index (χ0) is 8.27. The first-order chi connectivity index (χ1) is 5.24. The SMILES string of the molecule is CONC(=O)c1ccc(Br)o1. The molecule has 0 bridgehead atoms. The smallest absolute Gasteiger partial charge is 0.310 e. The molecule has 1 heterocycles. The number of amides is 1. The topological polar surface area (TPSA) is 51.5 Å². The molecule has 0 fully saturated rings. The summed E-state index contributed by atoms with van der Waals surface area (Å²) >= 11 is 3.06. The first kappa shape index (κ1) is 8.29. The van der Waals surface area contributed by atoms with Crippen LogP contribution in [-0.4, -0.2) is 13.0 Å². The van der Waals surface area contributed by atoms with Crippen molar-refractivity contribution in [1.82, 2.24) is 5.48 Å². The highest BCUT2D eigenvalue weighted by atomic mass is 79.9. The molecule has 1 aromatic heterocycles. The Morgan fingerprint density at radius 1 is 1.73 bits per heavy atom. The average molecular weight is 220 g/mol. The van der Waals surface area contributed by atoms with E-state index in [1.54, 1.807) is 12.1 Å². The highest BCUT2D eigenvalue weighted by Gasteiger charge is 2.08. The Balaban J connectivity index is 2.69. The van der Waals surface area contributed by atoms with Crippen LogP contribution in [0.1, 0.15) is 10.6 Å². The number of nitrogens with one attached hydrogen (secondary N) is 1. The molecular weight excluding hydrogens is 214 g/mol. The van der Waals surface area contributed by atoms with Crippen molar-refractivity contribution in [1.29, 1.82) is 0 Å². The van der Waals surface area contributed by atoms with Crippen molar-refractivity contribution in [3.63, 3.8) is 0 Å². The summed E-state index contributed by atoms with van der Waals surface area (Å²) < 4.78 is 5.44. The zero-order valence-electron chi connectivity index (χ0n) is 5.76. The summed E-state index contributed by atoms with van der Waals surface area (Å²) in [5.74, 6) is -0.197. The molecule has 4 nitrogen and oxygen atoms in total. The molecule has 5 heteroatoms. The van der Waals surface area contributed by atoms with Crippen LogP contribution < -0.4 is 5.48 Å². The maximum atomic E-state index is 10.9. The summed E-state index contributed by atoms with van der Waals surface area (Å²) in [6.07, 6.45) is 0. The van der Waals surface area contributed by atoms with Gasteiger partial charge in [-0.2, -0.15) is 0 Å². The fourth-order valence-electron chi connectivity index (χ4n) is 0.579. The zero-order valence-corrected chi connectivity index (χ0v) is 7.34. The van der Waals surface area contributed by atoms with Gasteiger partial charge in [0.15, 0.2) is 10.4 Å². The molecular formula is C6H6BrNO3. The van der Waals surface area contributed by atoms with Crippen LogP contribution in [0.3, 0.4) is 0 Å². The summed E-state index contributed by atoms with van der Waals surface area (Å²) in [7, 11) is 1.36. The third kappa shape index (κ3) is 2.06. The minimum Gasteiger partial charge on any atom is -0.444 e. The fraction of sp³-hybridized carbons (Fsp3) is 0.167. The molecule has 0 unspecified atom stereocenters. The van der Waals surface area contributed by atoms with Crippen molar-refractivity contribution in [3.8, 4) is 0 Å². The van der Waals surface area contributed by atoms with E-state index in [0.717, 1.165) is 0 Å². The van der Waals surface area contributed by atoms with E-state index in [1.165, 1.54) is 7.11 Å². The van der Waals surface area contributed by atoms with E-state index in [1.807, 2.05) is 0 Å². The van der Waals surface area contributed by atoms with Crippen LogP contribution in [0, 0.1) is 0 Å². The number of carbonyl (C=O) groups excluding carboxylic acids is 1. The Labute approximate surface area is 71.6 Å². The molecule has 0 atom stereocenters. The minimum absolute atomic E-state index is 0.207. The molecule has 0 spiro atoms. The summed E-state index contributed by atoms with van der Waals surface area (Å²) in [6, 6.07) is 3.17. The van der Waals surface area contributed by atoms with E-state index in [0.29, 0.717) is 4.67 Å². The first-order valence-electron chi connectivity index (χ1n) is 2.82. The Hall–Kier alpha value is -0.810. The van der Waals surface area contributed by atoms with Gasteiger partial charge in [-0.3, -0.25) is 9.63 Å². The van der Waals surface area contributed by atoms with Crippen LogP contribution in [-0.2, 0) is 4.84 Å². The Morgan fingerprint density at radius 3 is 2.91 bits per heavy atom. The third-order valence-corrected chi connectivity index (χ3v) is 1.42. The van der Waals surface area contributed by atoms with Crippen LogP contribution in [0.5, 0.6) is 0 Å². The van der Waals surface area contributed by atoms with Gasteiger partial charge in [0.05, 0.1) is 7.11 Å². The van der Waals surface area contributed by atoms with E-state index in [2.05, 4.69) is 26.2 Å². The van der Waals surface area contributed by atoms with Gasteiger partial charge in [0.25, 0.3) is 0 Å². The highest BCUT2D eigenvalue weighted by molar-refractivity contribution is 9.10. The predicted molar refractivity (Wildman–Crippen MR) is 40.9 cm³/mol. The summed E-state index contributed by atoms with van der Waals surface area (Å²) in [6.45, 7) is 0. The maximum absolute atomic E-state index is 10.9. The monoisotopic (exact) mass is 219 g/mol. The van der Waals surface area contributed by atoms with Crippen molar-refractivity contribution in [2.45, 2.75) is 0 Å². The van der Waals surface area contributed by atoms with Gasteiger partial charge in [0, 0.05) is 0 Å². The summed E-state index contributed by atoms with van der Waals surface area (Å²) in [5, 5.41) is 0. The van der Waals surface area contributed by atoms with Crippen molar-refractivity contribution in [3.05, 3.63) is 22.6 Å². The number of halogens is 1. The molecule has 60 valence electrons. The molecule has 0 aliphatic carbocycles. The molecule has 0 saturated heterocycles. The summed E-state index contributed by atoms with van der Waals surface area (Å²) in [5.41, 5.74) is 2.12. The quantitative estimate of drug-likeness (QED) is 0.765. The number of hydrogen-bond donors (Lipinski definition) is 1. The fourth-order valence-corrected chi connectivity index (χ4v) is 0.886. The lowest BCUT2D eigenvalue weighted by molar-refractivity contribution is 0.0508. The van der Waals surface area contributed by atoms with Gasteiger partial charge < -0.3 is 4.42 Å². The second-order valence-corrected chi connectivity index (χ2v) is 2.52. The lowest BCUT2D eigenvalue weighted by Gasteiger charge is -1.95. The molecule has 0 aliphatic heterocycles. The molecule has 0 radical (unpaired) electrons. The lowest BCUT2D eigenvalue weighted by atomic mass is 10.4. The van der Waals surface area contributed by atoms with Gasteiger partial charge in [-0.1, -0.05) is 0 Å². The number of hydrogen-bond acceptors (Lipinski definition) is 3. The van der Waals surface area contributed by atoms with Crippen LogP contribution in [0.4, 0.5) is 0 Å². The van der Waals surface area contributed by atoms with Gasteiger partial charge in [0.1, 0.15) is 0 Å². The largest absolute Gasteiger partial charge is 0.444 e. The molecule has 0 aliphatic rings. The van der Waals surface area contributed by atoms with Crippen molar-refractivity contribution in [2.24, 2.45) is 0 Å². The summed E-state index contributed by atoms with van der Waals surface area (Å²) in [4.78, 5) is 15.3. The standard InChI is InChI=1S/C6H6BrNO3/c1-10-8-6(9)4-2-3-5(7)11-4/h2-3H,1H3,(H,8,9). The van der Waals surface area contributed by atoms with E-state index in [4.69, 9.17) is 4.42 Å². The van der Waals surface area contributed by atoms with Gasteiger partial charge in [0.2, 0.25) is 0 Å². The molecule has 1 amide bonds. The number of furan rings is 1. The van der Waals surface area contributed by atoms with Gasteiger partial charge in [-0.15, -0.1) is 0 Å². The molecule has 0 aromatic carbocycles. The highest BCUT2D eigenvalue weighted by Crippen LogP contribution is 2.13. The van der Waals surface area contributed by atoms with E-state index < -0.39 is 5.91 Å². The normalized spacial score (nSPS) is 9.64. The van der Waals surface area contributed by atoms with Crippen LogP contribution >= 0.6 is 15.9 Å². The van der Waals surface area contributed by atoms with E-state index in [9.17, 15) is 4.79 Å². The van der Waals surface area contributed by atoms with Crippen LogP contribution in [0.2, 0.25) is 0 Å². The lowest BCUT2D eigenvalue weighted by Crippen LogP contribution is -2.20. The van der Waals surface area contributed by atoms with Crippen molar-refractivity contribution >= 4 is 21.8 Å². The van der Waals surface area contributed by atoms with Crippen LogP contribution in [0.25, 0.3) is 0 Å². The van der Waals surface area contributed by atoms with Gasteiger partial charge in [-0.25, -0.2) is 5.48 Å². The van der Waals surface area contributed by atoms with Gasteiger partial charge >= 0.3 is 5.91 Å². The Kier molecular flexibility index (Phi) is 2.67. The van der Waals surface area contributed by atoms with E-state index in [-0.39, 0.29) is 5.76 Å². The number of hydroxylamine groups is 1. The van der Waals surface area contributed by atoms with E-state index >= 15 is 0 Å². The Bertz CT molecular complexity index is 258. The average Bonchev–Trinajstić information content (AvgIpc) is 2.36. The second-order valence-electron chi connectivity index (χ2n) is 1.74. The molecule has 11 heavy (non-hydrogen) atoms. The Morgan fingerprint density at radius 2 is 2.45 bits per heavy atom. The molecule has 0 saturated carbocycles. The van der Waals surface area contributed by atoms with Crippen molar-refractivity contribution < 1.29 is 14.0 Å². The molecule has 1 aromatic rings.